The molecule has 0 saturated carbocycles. The summed E-state index contributed by atoms with van der Waals surface area (Å²) in [5.41, 5.74) is 0. The summed E-state index contributed by atoms with van der Waals surface area (Å²) in [6.07, 6.45) is 0. The van der Waals surface area contributed by atoms with E-state index in [2.05, 4.69) is 6.07 Å². The number of hydrogen-bond donors (Lipinski definition) is 0. The summed E-state index contributed by atoms with van der Waals surface area (Å²) in [5.74, 6) is 0. The fourth-order valence-corrected chi connectivity index (χ4v) is 0.342. The number of rotatable bonds is 0. The Bertz CT molecular complexity index is 93.9. The molecule has 0 aromatic heterocycles. The zero-order valence-electron chi connectivity index (χ0n) is 4.46. The predicted molar refractivity (Wildman–Crippen MR) is 37.0 cm³/mol. The van der Waals surface area contributed by atoms with Crippen LogP contribution in [0, 0.1) is 6.07 Å². The predicted octanol–water partition coefficient (Wildman–Crippen LogP) is 2.86. The summed E-state index contributed by atoms with van der Waals surface area (Å²) < 4.78 is 0. The molecule has 53 valence electrons. The van der Waals surface area contributed by atoms with Gasteiger partial charge < -0.3 is 0 Å². The van der Waals surface area contributed by atoms with Gasteiger partial charge >= 0.3 is 33.0 Å². The van der Waals surface area contributed by atoms with Crippen molar-refractivity contribution in [1.82, 2.24) is 0 Å². The quantitative estimate of drug-likeness (QED) is 0.453. The Morgan fingerprint density at radius 1 is 1.00 bits per heavy atom. The van der Waals surface area contributed by atoms with E-state index in [4.69, 9.17) is 20.4 Å². The molecule has 1 rings (SSSR count). The largest absolute Gasteiger partial charge is 0.184 e. The van der Waals surface area contributed by atoms with Gasteiger partial charge in [-0.25, -0.2) is 0 Å². The first-order valence-electron chi connectivity index (χ1n) is 2.15. The molecular weight excluding hydrogens is 202 g/mol. The summed E-state index contributed by atoms with van der Waals surface area (Å²) >= 11 is 0.569. The molecule has 0 spiro atoms. The van der Waals surface area contributed by atoms with E-state index >= 15 is 0 Å². The molecule has 0 fully saturated rings. The maximum atomic E-state index is 4.70. The summed E-state index contributed by atoms with van der Waals surface area (Å²) in [7, 11) is 9.40. The Hall–Kier alpha value is 0.294. The van der Waals surface area contributed by atoms with Crippen LogP contribution in [0.2, 0.25) is 0 Å². The van der Waals surface area contributed by atoms with Crippen LogP contribution in [0.25, 0.3) is 0 Å². The van der Waals surface area contributed by atoms with E-state index in [1.54, 1.807) is 0 Å². The van der Waals surface area contributed by atoms with Gasteiger partial charge in [0.25, 0.3) is 0 Å². The molecule has 0 aliphatic heterocycles. The standard InChI is InChI=1S/C6H5.2ClH.Ni/c1-2-4-6-5-3-1;;;/h1-5H;2*1H;/q-1;;;+3/p-2. The van der Waals surface area contributed by atoms with Gasteiger partial charge in [-0.2, -0.15) is 36.4 Å². The third-order valence-electron chi connectivity index (χ3n) is 0.607. The topological polar surface area (TPSA) is 0 Å². The molecule has 3 heteroatoms. The van der Waals surface area contributed by atoms with Gasteiger partial charge in [-0.1, -0.05) is 0 Å². The second-order valence-corrected chi connectivity index (χ2v) is 2.75. The fraction of sp³-hybridized carbons (Fsp3) is 0. The van der Waals surface area contributed by atoms with Gasteiger partial charge in [-0.05, 0) is 0 Å². The van der Waals surface area contributed by atoms with E-state index in [1.807, 2.05) is 30.3 Å². The molecule has 0 atom stereocenters. The van der Waals surface area contributed by atoms with Crippen LogP contribution in [0.3, 0.4) is 0 Å². The third-order valence-corrected chi connectivity index (χ3v) is 0.607. The molecule has 0 amide bonds. The van der Waals surface area contributed by atoms with E-state index < -0.39 is 0 Å². The molecule has 1 aromatic carbocycles. The van der Waals surface area contributed by atoms with Crippen molar-refractivity contribution in [3.05, 3.63) is 36.4 Å². The zero-order valence-corrected chi connectivity index (χ0v) is 6.96. The summed E-state index contributed by atoms with van der Waals surface area (Å²) in [4.78, 5) is 0. The normalized spacial score (nSPS) is 7.78. The van der Waals surface area contributed by atoms with Crippen molar-refractivity contribution in [3.8, 4) is 0 Å². The minimum absolute atomic E-state index is 0.569. The molecule has 0 aliphatic carbocycles. The van der Waals surface area contributed by atoms with Crippen molar-refractivity contribution in [2.24, 2.45) is 0 Å². The van der Waals surface area contributed by atoms with Gasteiger partial charge in [0.05, 0.1) is 0 Å². The van der Waals surface area contributed by atoms with Gasteiger partial charge in [-0.3, -0.25) is 0 Å². The van der Waals surface area contributed by atoms with E-state index in [9.17, 15) is 0 Å². The first-order chi connectivity index (χ1) is 4.41. The van der Waals surface area contributed by atoms with Gasteiger partial charge in [0, 0.05) is 0 Å². The van der Waals surface area contributed by atoms with Gasteiger partial charge in [0.2, 0.25) is 0 Å². The molecule has 0 radical (unpaired) electrons. The first-order valence-corrected chi connectivity index (χ1v) is 4.87. The molecule has 0 unspecified atom stereocenters. The van der Waals surface area contributed by atoms with Crippen molar-refractivity contribution in [1.29, 1.82) is 0 Å². The maximum Gasteiger partial charge on any atom is -0.171 e. The van der Waals surface area contributed by atoms with Crippen molar-refractivity contribution >= 4 is 20.4 Å². The minimum atomic E-state index is 0.569. The molecule has 0 nitrogen and oxygen atoms in total. The van der Waals surface area contributed by atoms with Crippen LogP contribution in [-0.4, -0.2) is 0 Å². The van der Waals surface area contributed by atoms with Crippen LogP contribution in [-0.2, 0) is 12.7 Å². The van der Waals surface area contributed by atoms with Crippen molar-refractivity contribution < 1.29 is 12.7 Å². The van der Waals surface area contributed by atoms with Crippen molar-refractivity contribution in [3.63, 3.8) is 0 Å². The second-order valence-electron chi connectivity index (χ2n) is 1.12. The minimum Gasteiger partial charge on any atom is -0.184 e. The Labute approximate surface area is 69.5 Å². The molecule has 1 aromatic rings. The zero-order chi connectivity index (χ0) is 6.95. The van der Waals surface area contributed by atoms with Crippen LogP contribution in [0.4, 0.5) is 0 Å². The van der Waals surface area contributed by atoms with Crippen LogP contribution >= 0.6 is 20.4 Å². The molecule has 9 heavy (non-hydrogen) atoms. The first kappa shape index (κ1) is 9.29. The van der Waals surface area contributed by atoms with Crippen molar-refractivity contribution in [2.75, 3.05) is 0 Å². The number of hydrogen-bond acceptors (Lipinski definition) is 0. The molecular formula is C6H5Cl2Ni. The molecule has 0 bridgehead atoms. The Morgan fingerprint density at radius 3 is 1.56 bits per heavy atom. The van der Waals surface area contributed by atoms with E-state index in [1.165, 1.54) is 0 Å². The molecule has 0 aliphatic rings. The van der Waals surface area contributed by atoms with Crippen LogP contribution in [0.1, 0.15) is 0 Å². The number of benzene rings is 1. The average molecular weight is 207 g/mol. The van der Waals surface area contributed by atoms with Gasteiger partial charge in [0.15, 0.2) is 0 Å². The monoisotopic (exact) mass is 205 g/mol. The summed E-state index contributed by atoms with van der Waals surface area (Å²) in [5, 5.41) is 0. The van der Waals surface area contributed by atoms with E-state index in [0.717, 1.165) is 0 Å². The smallest absolute Gasteiger partial charge is 0.171 e. The number of halogens is 2. The molecule has 0 N–H and O–H groups in total. The van der Waals surface area contributed by atoms with Crippen LogP contribution < -0.4 is 0 Å². The van der Waals surface area contributed by atoms with Gasteiger partial charge in [-0.15, -0.1) is 0 Å². The Balaban J connectivity index is 0.000000187. The van der Waals surface area contributed by atoms with E-state index in [-0.39, 0.29) is 0 Å². The van der Waals surface area contributed by atoms with Crippen molar-refractivity contribution in [2.45, 2.75) is 0 Å². The Morgan fingerprint density at radius 2 is 1.44 bits per heavy atom. The molecule has 0 heterocycles. The molecule has 0 saturated heterocycles. The summed E-state index contributed by atoms with van der Waals surface area (Å²) in [6.45, 7) is 0. The second kappa shape index (κ2) is 8.29. The Kier molecular flexibility index (Phi) is 8.56. The third kappa shape index (κ3) is 8.29. The maximum absolute atomic E-state index is 4.70. The van der Waals surface area contributed by atoms with Crippen LogP contribution in [0.15, 0.2) is 30.3 Å². The average Bonchev–Trinajstić information content (AvgIpc) is 1.93. The fourth-order valence-electron chi connectivity index (χ4n) is 0.342. The van der Waals surface area contributed by atoms with E-state index in [0.29, 0.717) is 12.7 Å². The van der Waals surface area contributed by atoms with Gasteiger partial charge in [0.1, 0.15) is 0 Å². The van der Waals surface area contributed by atoms with Crippen LogP contribution in [0.5, 0.6) is 0 Å². The summed E-state index contributed by atoms with van der Waals surface area (Å²) in [6, 6.07) is 12.5. The SMILES string of the molecule is [Cl][Ni+][Cl].[c-]1ccccc1.